The summed E-state index contributed by atoms with van der Waals surface area (Å²) in [6.45, 7) is 2.82. The van der Waals surface area contributed by atoms with E-state index in [1.54, 1.807) is 24.3 Å². The topological polar surface area (TPSA) is 93.7 Å². The van der Waals surface area contributed by atoms with Crippen molar-refractivity contribution in [3.8, 4) is 5.75 Å². The molecule has 2 atom stereocenters. The summed E-state index contributed by atoms with van der Waals surface area (Å²) in [5.41, 5.74) is 3.47. The number of benzene rings is 2. The summed E-state index contributed by atoms with van der Waals surface area (Å²) in [5, 5.41) is 4.93. The van der Waals surface area contributed by atoms with Crippen molar-refractivity contribution in [3.05, 3.63) is 89.1 Å². The van der Waals surface area contributed by atoms with Crippen molar-refractivity contribution < 1.29 is 23.9 Å². The van der Waals surface area contributed by atoms with Gasteiger partial charge >= 0.3 is 5.97 Å². The van der Waals surface area contributed by atoms with Crippen LogP contribution in [-0.4, -0.2) is 41.6 Å². The molecular formula is C26H26N2O5S. The number of rotatable bonds is 9. The van der Waals surface area contributed by atoms with Crippen LogP contribution in [0.4, 0.5) is 4.79 Å². The van der Waals surface area contributed by atoms with Crippen molar-refractivity contribution in [2.24, 2.45) is 0 Å². The van der Waals surface area contributed by atoms with Gasteiger partial charge in [-0.3, -0.25) is 14.9 Å². The summed E-state index contributed by atoms with van der Waals surface area (Å²) in [6.07, 6.45) is 4.79. The molecule has 7 nitrogen and oxygen atoms in total. The second-order valence-corrected chi connectivity index (χ2v) is 9.12. The number of imide groups is 1. The van der Waals surface area contributed by atoms with E-state index in [1.807, 2.05) is 42.5 Å². The van der Waals surface area contributed by atoms with Gasteiger partial charge in [-0.25, -0.2) is 4.79 Å². The molecular weight excluding hydrogens is 452 g/mol. The molecule has 4 rings (SSSR count). The number of hydrogen-bond donors (Lipinski definition) is 2. The number of carbonyl (C=O) groups is 3. The second kappa shape index (κ2) is 11.1. The number of ether oxygens (including phenoxy) is 2. The molecule has 2 unspecified atom stereocenters. The highest BCUT2D eigenvalue weighted by atomic mass is 32.2. The van der Waals surface area contributed by atoms with E-state index in [9.17, 15) is 14.4 Å². The normalized spacial score (nSPS) is 18.3. The van der Waals surface area contributed by atoms with Crippen LogP contribution in [0, 0.1) is 0 Å². The van der Waals surface area contributed by atoms with Crippen LogP contribution in [0.15, 0.2) is 78.0 Å². The van der Waals surface area contributed by atoms with E-state index in [4.69, 9.17) is 9.47 Å². The fourth-order valence-electron chi connectivity index (χ4n) is 3.63. The Morgan fingerprint density at radius 2 is 1.85 bits per heavy atom. The van der Waals surface area contributed by atoms with E-state index in [0.717, 1.165) is 35.0 Å². The van der Waals surface area contributed by atoms with Gasteiger partial charge in [-0.2, -0.15) is 0 Å². The zero-order valence-corrected chi connectivity index (χ0v) is 19.6. The van der Waals surface area contributed by atoms with Crippen molar-refractivity contribution >= 4 is 28.9 Å². The lowest BCUT2D eigenvalue weighted by Crippen LogP contribution is -2.33. The third-order valence-electron chi connectivity index (χ3n) is 5.58. The zero-order chi connectivity index (χ0) is 23.9. The van der Waals surface area contributed by atoms with Crippen LogP contribution >= 0.6 is 11.8 Å². The molecule has 8 heteroatoms. The number of amides is 2. The maximum atomic E-state index is 12.7. The minimum atomic E-state index is -0.556. The monoisotopic (exact) mass is 478 g/mol. The van der Waals surface area contributed by atoms with Gasteiger partial charge in [0.2, 0.25) is 5.91 Å². The van der Waals surface area contributed by atoms with Gasteiger partial charge in [0.05, 0.1) is 10.8 Å². The minimum absolute atomic E-state index is 0.163. The quantitative estimate of drug-likeness (QED) is 0.526. The number of dihydropyridines is 1. The molecule has 2 amide bonds. The maximum Gasteiger partial charge on any atom is 0.338 e. The maximum absolute atomic E-state index is 12.7. The van der Waals surface area contributed by atoms with Crippen LogP contribution in [0.25, 0.3) is 0 Å². The van der Waals surface area contributed by atoms with E-state index >= 15 is 0 Å². The van der Waals surface area contributed by atoms with E-state index in [2.05, 4.69) is 17.6 Å². The lowest BCUT2D eigenvalue weighted by molar-refractivity contribution is -0.118. The molecule has 34 heavy (non-hydrogen) atoms. The van der Waals surface area contributed by atoms with Gasteiger partial charge in [-0.05, 0) is 54.3 Å². The molecule has 0 radical (unpaired) electrons. The van der Waals surface area contributed by atoms with Gasteiger partial charge in [0.15, 0.2) is 6.10 Å². The Bertz CT molecular complexity index is 1110. The number of esters is 1. The average Bonchev–Trinajstić information content (AvgIpc) is 3.19. The Morgan fingerprint density at radius 3 is 2.47 bits per heavy atom. The van der Waals surface area contributed by atoms with Gasteiger partial charge in [-0.1, -0.05) is 55.1 Å². The third-order valence-corrected chi connectivity index (χ3v) is 6.57. The summed E-state index contributed by atoms with van der Waals surface area (Å²) in [5.74, 6) is -0.0380. The van der Waals surface area contributed by atoms with Crippen LogP contribution in [0.3, 0.4) is 0 Å². The summed E-state index contributed by atoms with van der Waals surface area (Å²) in [4.78, 5) is 35.8. The van der Waals surface area contributed by atoms with Gasteiger partial charge in [-0.15, -0.1) is 0 Å². The van der Waals surface area contributed by atoms with Crippen LogP contribution < -0.4 is 15.4 Å². The first kappa shape index (κ1) is 23.6. The molecule has 2 aromatic rings. The molecule has 176 valence electrons. The van der Waals surface area contributed by atoms with E-state index in [-0.39, 0.29) is 17.8 Å². The summed E-state index contributed by atoms with van der Waals surface area (Å²) >= 11 is 1.01. The first-order valence-corrected chi connectivity index (χ1v) is 12.0. The number of carbonyl (C=O) groups excluding carboxylic acids is 3. The zero-order valence-electron chi connectivity index (χ0n) is 18.8. The fourth-order valence-corrected chi connectivity index (χ4v) is 4.49. The average molecular weight is 479 g/mol. The lowest BCUT2D eigenvalue weighted by Gasteiger charge is -2.24. The first-order chi connectivity index (χ1) is 16.5. The molecule has 2 heterocycles. The highest BCUT2D eigenvalue weighted by Gasteiger charge is 2.31. The highest BCUT2D eigenvalue weighted by Crippen LogP contribution is 2.24. The Balaban J connectivity index is 1.41. The van der Waals surface area contributed by atoms with Crippen LogP contribution in [-0.2, 0) is 16.0 Å². The molecule has 1 fully saturated rings. The minimum Gasteiger partial charge on any atom is -0.489 e. The van der Waals surface area contributed by atoms with Crippen molar-refractivity contribution in [2.75, 3.05) is 13.2 Å². The highest BCUT2D eigenvalue weighted by molar-refractivity contribution is 8.15. The Hall–Kier alpha value is -3.52. The molecule has 1 saturated heterocycles. The van der Waals surface area contributed by atoms with Crippen molar-refractivity contribution in [1.82, 2.24) is 10.6 Å². The molecule has 2 N–H and O–H groups in total. The molecule has 2 aliphatic rings. The molecule has 0 bridgehead atoms. The molecule has 0 aliphatic carbocycles. The second-order valence-electron chi connectivity index (χ2n) is 7.94. The van der Waals surface area contributed by atoms with Crippen molar-refractivity contribution in [2.45, 2.75) is 31.1 Å². The lowest BCUT2D eigenvalue weighted by atomic mass is 10.1. The number of hydrogen-bond acceptors (Lipinski definition) is 7. The van der Waals surface area contributed by atoms with E-state index < -0.39 is 17.3 Å². The standard InChI is InChI=1S/C26H26N2O5S/c1-2-20-11-10-19(15-27-20)22(33-25(30)18-6-4-3-5-7-18)16-32-21-12-8-17(9-13-21)14-23-24(29)28-26(31)34-23/h3-13,22-23,27H,2,14-16H2,1H3,(H,28,29,31). The third kappa shape index (κ3) is 6.08. The van der Waals surface area contributed by atoms with E-state index in [1.165, 1.54) is 0 Å². The SMILES string of the molecule is CCC1=CC=C(C(COc2ccc(CC3SC(=O)NC3=O)cc2)OC(=O)c2ccccc2)CN1. The predicted octanol–water partition coefficient (Wildman–Crippen LogP) is 4.01. The molecule has 2 aliphatic heterocycles. The summed E-state index contributed by atoms with van der Waals surface area (Å²) in [7, 11) is 0. The molecule has 0 spiro atoms. The Kier molecular flexibility index (Phi) is 7.69. The van der Waals surface area contributed by atoms with Crippen molar-refractivity contribution in [3.63, 3.8) is 0 Å². The van der Waals surface area contributed by atoms with Gasteiger partial charge in [0.1, 0.15) is 12.4 Å². The Labute approximate surface area is 202 Å². The summed E-state index contributed by atoms with van der Waals surface area (Å²) in [6, 6.07) is 16.2. The van der Waals surface area contributed by atoms with Crippen molar-refractivity contribution in [1.29, 1.82) is 0 Å². The van der Waals surface area contributed by atoms with E-state index in [0.29, 0.717) is 24.3 Å². The van der Waals surface area contributed by atoms with Crippen LogP contribution in [0.2, 0.25) is 0 Å². The summed E-state index contributed by atoms with van der Waals surface area (Å²) < 4.78 is 11.8. The number of allylic oxidation sites excluding steroid dienone is 3. The predicted molar refractivity (Wildman–Crippen MR) is 131 cm³/mol. The molecule has 0 saturated carbocycles. The Morgan fingerprint density at radius 1 is 1.09 bits per heavy atom. The van der Waals surface area contributed by atoms with Gasteiger partial charge < -0.3 is 14.8 Å². The fraction of sp³-hybridized carbons (Fsp3) is 0.269. The van der Waals surface area contributed by atoms with Crippen LogP contribution in [0.5, 0.6) is 5.75 Å². The molecule has 2 aromatic carbocycles. The van der Waals surface area contributed by atoms with Crippen LogP contribution in [0.1, 0.15) is 29.3 Å². The van der Waals surface area contributed by atoms with Gasteiger partial charge in [0, 0.05) is 12.2 Å². The van der Waals surface area contributed by atoms with Gasteiger partial charge in [0.25, 0.3) is 5.24 Å². The smallest absolute Gasteiger partial charge is 0.338 e. The largest absolute Gasteiger partial charge is 0.489 e. The molecule has 0 aromatic heterocycles. The number of nitrogens with one attached hydrogen (secondary N) is 2. The number of thioether (sulfide) groups is 1. The first-order valence-electron chi connectivity index (χ1n) is 11.1.